The fourth-order valence-electron chi connectivity index (χ4n) is 1.93. The molecular weight excluding hydrogens is 275 g/mol. The van der Waals surface area contributed by atoms with Gasteiger partial charge in [-0.1, -0.05) is 6.07 Å². The van der Waals surface area contributed by atoms with Crippen molar-refractivity contribution in [3.8, 4) is 5.75 Å². The molecule has 118 valence electrons. The van der Waals surface area contributed by atoms with Crippen LogP contribution in [0.15, 0.2) is 24.3 Å². The molecule has 1 aromatic rings. The average molecular weight is 298 g/mol. The first-order valence-electron chi connectivity index (χ1n) is 6.82. The molecule has 0 aliphatic rings. The van der Waals surface area contributed by atoms with Crippen LogP contribution >= 0.6 is 0 Å². The molecule has 21 heavy (non-hydrogen) atoms. The maximum absolute atomic E-state index is 12.9. The van der Waals surface area contributed by atoms with Crippen LogP contribution in [0.1, 0.15) is 13.8 Å². The second-order valence-corrected chi connectivity index (χ2v) is 5.64. The summed E-state index contributed by atoms with van der Waals surface area (Å²) >= 11 is 0. The Morgan fingerprint density at radius 3 is 2.81 bits per heavy atom. The predicted molar refractivity (Wildman–Crippen MR) is 78.7 cm³/mol. The van der Waals surface area contributed by atoms with Crippen molar-refractivity contribution in [1.29, 1.82) is 0 Å². The van der Waals surface area contributed by atoms with Gasteiger partial charge in [-0.15, -0.1) is 0 Å². The number of hydrogen-bond donors (Lipinski definition) is 2. The Morgan fingerprint density at radius 2 is 2.19 bits per heavy atom. The summed E-state index contributed by atoms with van der Waals surface area (Å²) in [5, 5.41) is 12.3. The number of nitrogens with zero attached hydrogens (tertiary/aromatic N) is 1. The van der Waals surface area contributed by atoms with Crippen molar-refractivity contribution >= 4 is 5.91 Å². The minimum Gasteiger partial charge on any atom is -0.492 e. The van der Waals surface area contributed by atoms with Crippen LogP contribution in [0.5, 0.6) is 5.75 Å². The highest BCUT2D eigenvalue weighted by Gasteiger charge is 2.17. The van der Waals surface area contributed by atoms with Gasteiger partial charge >= 0.3 is 0 Å². The summed E-state index contributed by atoms with van der Waals surface area (Å²) in [4.78, 5) is 13.4. The SMILES string of the molecule is CN(CC(=O)NCCOc1cccc(F)c1)CC(C)(C)O. The number of carbonyl (C=O) groups excluding carboxylic acids is 1. The standard InChI is InChI=1S/C15H23FN2O3/c1-15(2,20)11-18(3)10-14(19)17-7-8-21-13-6-4-5-12(16)9-13/h4-6,9,20H,7-8,10-11H2,1-3H3,(H,17,19). The molecule has 5 nitrogen and oxygen atoms in total. The first kappa shape index (κ1) is 17.4. The van der Waals surface area contributed by atoms with E-state index in [9.17, 15) is 14.3 Å². The third kappa shape index (κ3) is 8.27. The third-order valence-electron chi connectivity index (χ3n) is 2.56. The topological polar surface area (TPSA) is 61.8 Å². The van der Waals surface area contributed by atoms with E-state index >= 15 is 0 Å². The molecule has 0 fully saturated rings. The fraction of sp³-hybridized carbons (Fsp3) is 0.533. The van der Waals surface area contributed by atoms with Crippen molar-refractivity contribution in [2.75, 3.05) is 33.3 Å². The van der Waals surface area contributed by atoms with Crippen LogP contribution in [0.4, 0.5) is 4.39 Å². The number of rotatable bonds is 8. The summed E-state index contributed by atoms with van der Waals surface area (Å²) in [6.45, 7) is 4.59. The number of carbonyl (C=O) groups is 1. The Bertz CT molecular complexity index is 460. The zero-order valence-electron chi connectivity index (χ0n) is 12.7. The smallest absolute Gasteiger partial charge is 0.234 e. The lowest BCUT2D eigenvalue weighted by Gasteiger charge is -2.24. The van der Waals surface area contributed by atoms with Crippen LogP contribution in [0.3, 0.4) is 0 Å². The molecule has 0 aliphatic heterocycles. The van der Waals surface area contributed by atoms with Crippen LogP contribution in [0.2, 0.25) is 0 Å². The third-order valence-corrected chi connectivity index (χ3v) is 2.56. The quantitative estimate of drug-likeness (QED) is 0.704. The largest absolute Gasteiger partial charge is 0.492 e. The number of halogens is 1. The zero-order valence-corrected chi connectivity index (χ0v) is 12.7. The van der Waals surface area contributed by atoms with E-state index in [4.69, 9.17) is 4.74 Å². The highest BCUT2D eigenvalue weighted by molar-refractivity contribution is 5.77. The zero-order chi connectivity index (χ0) is 15.9. The Labute approximate surface area is 124 Å². The molecule has 0 unspecified atom stereocenters. The molecule has 0 heterocycles. The Hall–Kier alpha value is -1.66. The van der Waals surface area contributed by atoms with Gasteiger partial charge < -0.3 is 15.2 Å². The van der Waals surface area contributed by atoms with E-state index in [1.807, 2.05) is 0 Å². The maximum Gasteiger partial charge on any atom is 0.234 e. The van der Waals surface area contributed by atoms with E-state index in [0.717, 1.165) is 0 Å². The Kier molecular flexibility index (Phi) is 6.58. The molecule has 6 heteroatoms. The van der Waals surface area contributed by atoms with E-state index in [2.05, 4.69) is 5.32 Å². The molecule has 0 spiro atoms. The van der Waals surface area contributed by atoms with Gasteiger partial charge in [0.1, 0.15) is 18.2 Å². The molecule has 2 N–H and O–H groups in total. The maximum atomic E-state index is 12.9. The molecule has 0 bridgehead atoms. The second-order valence-electron chi connectivity index (χ2n) is 5.64. The van der Waals surface area contributed by atoms with Gasteiger partial charge in [0, 0.05) is 12.6 Å². The molecule has 1 aromatic carbocycles. The number of aliphatic hydroxyl groups is 1. The lowest BCUT2D eigenvalue weighted by Crippen LogP contribution is -2.42. The number of benzene rings is 1. The molecule has 0 saturated heterocycles. The molecule has 1 rings (SSSR count). The van der Waals surface area contributed by atoms with Gasteiger partial charge in [0.2, 0.25) is 5.91 Å². The molecule has 0 aliphatic carbocycles. The highest BCUT2D eigenvalue weighted by atomic mass is 19.1. The van der Waals surface area contributed by atoms with Gasteiger partial charge in [-0.25, -0.2) is 4.39 Å². The van der Waals surface area contributed by atoms with Crippen molar-refractivity contribution in [3.05, 3.63) is 30.1 Å². The molecule has 0 radical (unpaired) electrons. The van der Waals surface area contributed by atoms with Crippen molar-refractivity contribution in [3.63, 3.8) is 0 Å². The number of amides is 1. The van der Waals surface area contributed by atoms with Gasteiger partial charge in [0.25, 0.3) is 0 Å². The van der Waals surface area contributed by atoms with Gasteiger partial charge in [-0.2, -0.15) is 0 Å². The number of likely N-dealkylation sites (N-methyl/N-ethyl adjacent to an activating group) is 1. The summed E-state index contributed by atoms with van der Waals surface area (Å²) in [7, 11) is 1.76. The van der Waals surface area contributed by atoms with Crippen molar-refractivity contribution < 1.29 is 19.0 Å². The van der Waals surface area contributed by atoms with E-state index in [1.165, 1.54) is 12.1 Å². The summed E-state index contributed by atoms with van der Waals surface area (Å²) in [5.41, 5.74) is -0.838. The molecule has 0 saturated carbocycles. The Balaban J connectivity index is 2.19. The summed E-state index contributed by atoms with van der Waals surface area (Å²) < 4.78 is 18.2. The molecular formula is C15H23FN2O3. The monoisotopic (exact) mass is 298 g/mol. The summed E-state index contributed by atoms with van der Waals surface area (Å²) in [6, 6.07) is 5.85. The lowest BCUT2D eigenvalue weighted by molar-refractivity contribution is -0.122. The van der Waals surface area contributed by atoms with Gasteiger partial charge in [-0.05, 0) is 33.0 Å². The van der Waals surface area contributed by atoms with Crippen LogP contribution in [0.25, 0.3) is 0 Å². The average Bonchev–Trinajstić information content (AvgIpc) is 2.32. The second kappa shape index (κ2) is 7.95. The van der Waals surface area contributed by atoms with Crippen molar-refractivity contribution in [2.24, 2.45) is 0 Å². The van der Waals surface area contributed by atoms with Crippen molar-refractivity contribution in [1.82, 2.24) is 10.2 Å². The number of nitrogens with one attached hydrogen (secondary N) is 1. The van der Waals surface area contributed by atoms with Crippen LogP contribution in [-0.4, -0.2) is 54.8 Å². The van der Waals surface area contributed by atoms with Crippen LogP contribution in [0, 0.1) is 5.82 Å². The van der Waals surface area contributed by atoms with E-state index < -0.39 is 5.60 Å². The first-order valence-corrected chi connectivity index (χ1v) is 6.82. The predicted octanol–water partition coefficient (Wildman–Crippen LogP) is 1.02. The first-order chi connectivity index (χ1) is 9.76. The van der Waals surface area contributed by atoms with E-state index in [1.54, 1.807) is 37.9 Å². The van der Waals surface area contributed by atoms with Crippen LogP contribution in [-0.2, 0) is 4.79 Å². The molecule has 0 atom stereocenters. The summed E-state index contributed by atoms with van der Waals surface area (Å²) in [5.74, 6) is -0.0715. The normalized spacial score (nSPS) is 11.5. The van der Waals surface area contributed by atoms with Crippen molar-refractivity contribution in [2.45, 2.75) is 19.4 Å². The minimum absolute atomic E-state index is 0.149. The van der Waals surface area contributed by atoms with E-state index in [-0.39, 0.29) is 24.9 Å². The lowest BCUT2D eigenvalue weighted by atomic mass is 10.1. The number of hydrogen-bond acceptors (Lipinski definition) is 4. The summed E-state index contributed by atoms with van der Waals surface area (Å²) in [6.07, 6.45) is 0. The van der Waals surface area contributed by atoms with Crippen LogP contribution < -0.4 is 10.1 Å². The number of ether oxygens (including phenoxy) is 1. The van der Waals surface area contributed by atoms with Gasteiger partial charge in [0.15, 0.2) is 0 Å². The minimum atomic E-state index is -0.838. The Morgan fingerprint density at radius 1 is 1.48 bits per heavy atom. The van der Waals surface area contributed by atoms with E-state index in [0.29, 0.717) is 18.8 Å². The highest BCUT2D eigenvalue weighted by Crippen LogP contribution is 2.11. The van der Waals surface area contributed by atoms with Gasteiger partial charge in [0.05, 0.1) is 18.7 Å². The van der Waals surface area contributed by atoms with Gasteiger partial charge in [-0.3, -0.25) is 9.69 Å². The molecule has 1 amide bonds. The fourth-order valence-corrected chi connectivity index (χ4v) is 1.93. The molecule has 0 aromatic heterocycles.